The van der Waals surface area contributed by atoms with E-state index in [1.807, 2.05) is 19.9 Å². The Balaban J connectivity index is 1.66. The zero-order valence-corrected chi connectivity index (χ0v) is 15.1. The lowest BCUT2D eigenvalue weighted by Gasteiger charge is -2.32. The highest BCUT2D eigenvalue weighted by molar-refractivity contribution is 5.80. The van der Waals surface area contributed by atoms with Gasteiger partial charge in [0.2, 0.25) is 5.91 Å². The maximum atomic E-state index is 12.1. The average Bonchev–Trinajstić information content (AvgIpc) is 2.98. The molecule has 1 amide bonds. The topological polar surface area (TPSA) is 96.5 Å². The molecule has 1 saturated heterocycles. The van der Waals surface area contributed by atoms with E-state index < -0.39 is 5.97 Å². The van der Waals surface area contributed by atoms with E-state index in [1.165, 1.54) is 5.56 Å². The van der Waals surface area contributed by atoms with Gasteiger partial charge in [-0.1, -0.05) is 5.16 Å². The number of carbonyl (C=O) groups is 2. The molecule has 2 aromatic rings. The van der Waals surface area contributed by atoms with Gasteiger partial charge in [0, 0.05) is 25.7 Å². The van der Waals surface area contributed by atoms with E-state index in [-0.39, 0.29) is 18.7 Å². The van der Waals surface area contributed by atoms with Crippen LogP contribution in [0.15, 0.2) is 22.9 Å². The van der Waals surface area contributed by atoms with Gasteiger partial charge in [-0.15, -0.1) is 0 Å². The third-order valence-corrected chi connectivity index (χ3v) is 4.95. The van der Waals surface area contributed by atoms with Crippen LogP contribution in [0, 0.1) is 13.8 Å². The van der Waals surface area contributed by atoms with Crippen LogP contribution in [-0.4, -0.2) is 45.1 Å². The highest BCUT2D eigenvalue weighted by atomic mass is 16.5. The number of pyridine rings is 1. The Morgan fingerprint density at radius 2 is 2.00 bits per heavy atom. The van der Waals surface area contributed by atoms with Gasteiger partial charge < -0.3 is 14.5 Å². The summed E-state index contributed by atoms with van der Waals surface area (Å²) in [5.41, 5.74) is 3.82. The maximum absolute atomic E-state index is 12.1. The largest absolute Gasteiger partial charge is 0.481 e. The highest BCUT2D eigenvalue weighted by Gasteiger charge is 2.24. The van der Waals surface area contributed by atoms with Gasteiger partial charge in [-0.3, -0.25) is 14.6 Å². The molecule has 0 aliphatic carbocycles. The number of aryl methyl sites for hydroxylation is 2. The molecule has 1 aliphatic heterocycles. The second kappa shape index (κ2) is 7.68. The zero-order valence-electron chi connectivity index (χ0n) is 15.1. The molecular weight excluding hydrogens is 334 g/mol. The van der Waals surface area contributed by atoms with Gasteiger partial charge >= 0.3 is 5.97 Å². The molecule has 0 atom stereocenters. The monoisotopic (exact) mass is 357 g/mol. The average molecular weight is 357 g/mol. The van der Waals surface area contributed by atoms with Gasteiger partial charge in [-0.25, -0.2) is 0 Å². The fraction of sp³-hybridized carbons (Fsp3) is 0.474. The van der Waals surface area contributed by atoms with E-state index in [9.17, 15) is 9.59 Å². The zero-order chi connectivity index (χ0) is 18.7. The number of carboxylic acids is 1. The minimum absolute atomic E-state index is 0.0722. The van der Waals surface area contributed by atoms with Crippen molar-refractivity contribution in [2.24, 2.45) is 0 Å². The summed E-state index contributed by atoms with van der Waals surface area (Å²) in [5, 5.41) is 12.7. The summed E-state index contributed by atoms with van der Waals surface area (Å²) >= 11 is 0. The van der Waals surface area contributed by atoms with Crippen molar-refractivity contribution >= 4 is 11.9 Å². The standard InChI is InChI=1S/C19H23N3O4/c1-12-19(13(2)26-21-12)16-11-15(5-8-20-16)14-6-9-22(10-7-14)17(23)3-4-18(24)25/h5,8,11,14H,3-4,6-7,9-10H2,1-2H3,(H,24,25). The molecular formula is C19H23N3O4. The van der Waals surface area contributed by atoms with Crippen molar-refractivity contribution in [3.63, 3.8) is 0 Å². The second-order valence-corrected chi connectivity index (χ2v) is 6.72. The van der Waals surface area contributed by atoms with Gasteiger partial charge in [0.15, 0.2) is 0 Å². The molecule has 7 nitrogen and oxygen atoms in total. The van der Waals surface area contributed by atoms with Crippen LogP contribution >= 0.6 is 0 Å². The predicted molar refractivity (Wildman–Crippen MR) is 94.6 cm³/mol. The second-order valence-electron chi connectivity index (χ2n) is 6.72. The van der Waals surface area contributed by atoms with Crippen LogP contribution in [0.3, 0.4) is 0 Å². The van der Waals surface area contributed by atoms with Gasteiger partial charge in [0.05, 0.1) is 23.4 Å². The Labute approximate surface area is 152 Å². The fourth-order valence-electron chi connectivity index (χ4n) is 3.52. The summed E-state index contributed by atoms with van der Waals surface area (Å²) in [6.45, 7) is 5.10. The number of amides is 1. The number of aromatic nitrogens is 2. The highest BCUT2D eigenvalue weighted by Crippen LogP contribution is 2.32. The number of hydrogen-bond donors (Lipinski definition) is 1. The number of likely N-dealkylation sites (tertiary alicyclic amines) is 1. The molecule has 2 aromatic heterocycles. The summed E-state index contributed by atoms with van der Waals surface area (Å²) < 4.78 is 5.24. The first-order valence-corrected chi connectivity index (χ1v) is 8.84. The third-order valence-electron chi connectivity index (χ3n) is 4.95. The van der Waals surface area contributed by atoms with E-state index >= 15 is 0 Å². The summed E-state index contributed by atoms with van der Waals surface area (Å²) in [7, 11) is 0. The molecule has 3 rings (SSSR count). The Hall–Kier alpha value is -2.70. The SMILES string of the molecule is Cc1noc(C)c1-c1cc(C2CCN(C(=O)CCC(=O)O)CC2)ccn1. The van der Waals surface area contributed by atoms with Crippen molar-refractivity contribution in [3.05, 3.63) is 35.3 Å². The molecule has 0 unspecified atom stereocenters. The fourth-order valence-corrected chi connectivity index (χ4v) is 3.52. The summed E-state index contributed by atoms with van der Waals surface area (Å²) in [5.74, 6) is 0.112. The van der Waals surface area contributed by atoms with Crippen molar-refractivity contribution in [3.8, 4) is 11.3 Å². The lowest BCUT2D eigenvalue weighted by Crippen LogP contribution is -2.38. The number of aliphatic carboxylic acids is 1. The minimum atomic E-state index is -0.933. The first-order valence-electron chi connectivity index (χ1n) is 8.84. The van der Waals surface area contributed by atoms with Gasteiger partial charge in [-0.2, -0.15) is 0 Å². The molecule has 3 heterocycles. The molecule has 0 spiro atoms. The molecule has 0 aromatic carbocycles. The number of piperidine rings is 1. The molecule has 7 heteroatoms. The van der Waals surface area contributed by atoms with Crippen molar-refractivity contribution in [2.75, 3.05) is 13.1 Å². The Morgan fingerprint density at radius 1 is 1.27 bits per heavy atom. The van der Waals surface area contributed by atoms with Crippen LogP contribution < -0.4 is 0 Å². The number of carboxylic acid groups (broad SMARTS) is 1. The minimum Gasteiger partial charge on any atom is -0.481 e. The lowest BCUT2D eigenvalue weighted by atomic mass is 9.89. The third kappa shape index (κ3) is 3.92. The quantitative estimate of drug-likeness (QED) is 0.884. The predicted octanol–water partition coefficient (Wildman–Crippen LogP) is 2.92. The van der Waals surface area contributed by atoms with E-state index in [0.29, 0.717) is 19.0 Å². The summed E-state index contributed by atoms with van der Waals surface area (Å²) in [4.78, 5) is 28.9. The maximum Gasteiger partial charge on any atom is 0.303 e. The molecule has 138 valence electrons. The molecule has 0 bridgehead atoms. The van der Waals surface area contributed by atoms with Crippen LogP contribution in [0.5, 0.6) is 0 Å². The summed E-state index contributed by atoms with van der Waals surface area (Å²) in [6, 6.07) is 4.10. The smallest absolute Gasteiger partial charge is 0.303 e. The van der Waals surface area contributed by atoms with E-state index in [1.54, 1.807) is 11.1 Å². The van der Waals surface area contributed by atoms with Crippen molar-refractivity contribution in [1.82, 2.24) is 15.0 Å². The summed E-state index contributed by atoms with van der Waals surface area (Å²) in [6.07, 6.45) is 3.50. The van der Waals surface area contributed by atoms with Gasteiger partial charge in [-0.05, 0) is 50.3 Å². The Morgan fingerprint density at radius 3 is 2.62 bits per heavy atom. The van der Waals surface area contributed by atoms with Crippen LogP contribution in [0.4, 0.5) is 0 Å². The van der Waals surface area contributed by atoms with Crippen molar-refractivity contribution in [1.29, 1.82) is 0 Å². The van der Waals surface area contributed by atoms with Crippen LogP contribution in [0.1, 0.15) is 48.6 Å². The van der Waals surface area contributed by atoms with Gasteiger partial charge in [0.1, 0.15) is 5.76 Å². The van der Waals surface area contributed by atoms with Crippen molar-refractivity contribution < 1.29 is 19.2 Å². The number of nitrogens with zero attached hydrogens (tertiary/aromatic N) is 3. The molecule has 1 fully saturated rings. The lowest BCUT2D eigenvalue weighted by molar-refractivity contribution is -0.141. The molecule has 0 saturated carbocycles. The van der Waals surface area contributed by atoms with Crippen molar-refractivity contribution in [2.45, 2.75) is 45.4 Å². The Bertz CT molecular complexity index is 787. The normalized spacial score (nSPS) is 15.2. The molecule has 1 aliphatic rings. The molecule has 26 heavy (non-hydrogen) atoms. The number of carbonyl (C=O) groups excluding carboxylic acids is 1. The Kier molecular flexibility index (Phi) is 5.35. The molecule has 1 N–H and O–H groups in total. The van der Waals surface area contributed by atoms with Crippen LogP contribution in [-0.2, 0) is 9.59 Å². The number of hydrogen-bond acceptors (Lipinski definition) is 5. The van der Waals surface area contributed by atoms with Crippen LogP contribution in [0.25, 0.3) is 11.3 Å². The van der Waals surface area contributed by atoms with Gasteiger partial charge in [0.25, 0.3) is 0 Å². The van der Waals surface area contributed by atoms with E-state index in [0.717, 1.165) is 35.6 Å². The van der Waals surface area contributed by atoms with Crippen LogP contribution in [0.2, 0.25) is 0 Å². The van der Waals surface area contributed by atoms with E-state index in [2.05, 4.69) is 16.2 Å². The molecule has 0 radical (unpaired) electrons. The number of rotatable bonds is 5. The first-order chi connectivity index (χ1) is 12.5. The van der Waals surface area contributed by atoms with E-state index in [4.69, 9.17) is 9.63 Å². The first kappa shape index (κ1) is 18.1.